The van der Waals surface area contributed by atoms with E-state index in [0.717, 1.165) is 22.5 Å². The Kier molecular flexibility index (Phi) is 4.60. The molecule has 0 radical (unpaired) electrons. The fourth-order valence-corrected chi connectivity index (χ4v) is 2.39. The first-order valence-electron chi connectivity index (χ1n) is 7.61. The second-order valence-electron chi connectivity index (χ2n) is 5.35. The summed E-state index contributed by atoms with van der Waals surface area (Å²) in [4.78, 5) is 0. The van der Waals surface area contributed by atoms with Gasteiger partial charge >= 0.3 is 0 Å². The number of nitriles is 1. The molecule has 2 aromatic carbocycles. The third-order valence-corrected chi connectivity index (χ3v) is 3.68. The number of para-hydroxylation sites is 1. The number of nitrogens with zero attached hydrogens (tertiary/aromatic N) is 1. The summed E-state index contributed by atoms with van der Waals surface area (Å²) in [6.07, 6.45) is 0. The molecule has 116 valence electrons. The van der Waals surface area contributed by atoms with Gasteiger partial charge in [-0.2, -0.15) is 5.26 Å². The van der Waals surface area contributed by atoms with E-state index in [1.807, 2.05) is 24.3 Å². The number of hydrogen-bond donors (Lipinski definition) is 1. The van der Waals surface area contributed by atoms with Crippen LogP contribution in [0.5, 0.6) is 5.75 Å². The van der Waals surface area contributed by atoms with E-state index >= 15 is 0 Å². The average Bonchev–Trinajstić information content (AvgIpc) is 3.03. The lowest BCUT2D eigenvalue weighted by Crippen LogP contribution is -2.24. The number of fused-ring (bicyclic) bond motifs is 1. The van der Waals surface area contributed by atoms with Gasteiger partial charge in [0, 0.05) is 11.9 Å². The largest absolute Gasteiger partial charge is 0.492 e. The van der Waals surface area contributed by atoms with Crippen molar-refractivity contribution < 1.29 is 9.15 Å². The summed E-state index contributed by atoms with van der Waals surface area (Å²) in [5, 5.41) is 13.3. The van der Waals surface area contributed by atoms with E-state index in [2.05, 4.69) is 24.4 Å². The van der Waals surface area contributed by atoms with E-state index in [9.17, 15) is 0 Å². The first kappa shape index (κ1) is 15.1. The van der Waals surface area contributed by atoms with Crippen LogP contribution in [0.4, 0.5) is 0 Å². The van der Waals surface area contributed by atoms with E-state index in [-0.39, 0.29) is 6.04 Å². The lowest BCUT2D eigenvalue weighted by atomic mass is 10.2. The molecule has 1 unspecified atom stereocenters. The molecule has 0 saturated heterocycles. The first-order valence-corrected chi connectivity index (χ1v) is 7.61. The Labute approximate surface area is 135 Å². The van der Waals surface area contributed by atoms with Crippen molar-refractivity contribution in [3.63, 3.8) is 0 Å². The van der Waals surface area contributed by atoms with Gasteiger partial charge in [0.15, 0.2) is 0 Å². The summed E-state index contributed by atoms with van der Waals surface area (Å²) < 4.78 is 11.5. The van der Waals surface area contributed by atoms with Crippen molar-refractivity contribution in [3.05, 3.63) is 65.9 Å². The normalized spacial score (nSPS) is 12.0. The highest BCUT2D eigenvalue weighted by Crippen LogP contribution is 2.23. The fraction of sp³-hybridized carbons (Fsp3) is 0.211. The molecule has 1 N–H and O–H groups in total. The number of benzene rings is 2. The Morgan fingerprint density at radius 3 is 2.70 bits per heavy atom. The van der Waals surface area contributed by atoms with Gasteiger partial charge in [0.25, 0.3) is 0 Å². The monoisotopic (exact) mass is 306 g/mol. The van der Waals surface area contributed by atoms with Gasteiger partial charge in [-0.15, -0.1) is 0 Å². The van der Waals surface area contributed by atoms with Gasteiger partial charge in [-0.05, 0) is 43.3 Å². The zero-order chi connectivity index (χ0) is 16.1. The molecule has 0 aliphatic heterocycles. The van der Waals surface area contributed by atoms with E-state index < -0.39 is 0 Å². The van der Waals surface area contributed by atoms with Crippen molar-refractivity contribution in [1.29, 1.82) is 5.26 Å². The SMILES string of the molecule is CC(NCCOc1ccc(C#N)cc1)c1cc2ccccc2o1. The molecule has 23 heavy (non-hydrogen) atoms. The zero-order valence-electron chi connectivity index (χ0n) is 13.0. The Balaban J connectivity index is 1.49. The van der Waals surface area contributed by atoms with Crippen LogP contribution < -0.4 is 10.1 Å². The van der Waals surface area contributed by atoms with Gasteiger partial charge in [-0.1, -0.05) is 18.2 Å². The Morgan fingerprint density at radius 1 is 1.17 bits per heavy atom. The molecular weight excluding hydrogens is 288 g/mol. The molecule has 0 spiro atoms. The van der Waals surface area contributed by atoms with E-state index in [1.54, 1.807) is 24.3 Å². The molecule has 1 aromatic heterocycles. The van der Waals surface area contributed by atoms with E-state index in [0.29, 0.717) is 18.7 Å². The molecule has 1 heterocycles. The van der Waals surface area contributed by atoms with Crippen LogP contribution in [0.2, 0.25) is 0 Å². The number of nitrogens with one attached hydrogen (secondary N) is 1. The summed E-state index contributed by atoms with van der Waals surface area (Å²) in [5.74, 6) is 1.69. The van der Waals surface area contributed by atoms with Crippen LogP contribution >= 0.6 is 0 Å². The third-order valence-electron chi connectivity index (χ3n) is 3.68. The molecule has 4 heteroatoms. The van der Waals surface area contributed by atoms with Crippen LogP contribution in [-0.2, 0) is 0 Å². The summed E-state index contributed by atoms with van der Waals surface area (Å²) >= 11 is 0. The van der Waals surface area contributed by atoms with Crippen LogP contribution in [0.1, 0.15) is 24.3 Å². The van der Waals surface area contributed by atoms with Crippen molar-refractivity contribution in [2.45, 2.75) is 13.0 Å². The molecule has 4 nitrogen and oxygen atoms in total. The highest BCUT2D eigenvalue weighted by atomic mass is 16.5. The van der Waals surface area contributed by atoms with Gasteiger partial charge in [-0.25, -0.2) is 0 Å². The molecule has 3 aromatic rings. The zero-order valence-corrected chi connectivity index (χ0v) is 13.0. The summed E-state index contributed by atoms with van der Waals surface area (Å²) in [6.45, 7) is 3.33. The van der Waals surface area contributed by atoms with Gasteiger partial charge < -0.3 is 14.5 Å². The molecule has 0 saturated carbocycles. The molecule has 0 bridgehead atoms. The van der Waals surface area contributed by atoms with E-state index in [1.165, 1.54) is 0 Å². The number of rotatable bonds is 6. The van der Waals surface area contributed by atoms with Crippen molar-refractivity contribution in [2.24, 2.45) is 0 Å². The topological polar surface area (TPSA) is 58.2 Å². The Hall–Kier alpha value is -2.77. The minimum atomic E-state index is 0.118. The maximum absolute atomic E-state index is 8.75. The van der Waals surface area contributed by atoms with E-state index in [4.69, 9.17) is 14.4 Å². The predicted molar refractivity (Wildman–Crippen MR) is 89.3 cm³/mol. The van der Waals surface area contributed by atoms with Gasteiger partial charge in [-0.3, -0.25) is 0 Å². The van der Waals surface area contributed by atoms with Crippen molar-refractivity contribution in [1.82, 2.24) is 5.32 Å². The average molecular weight is 306 g/mol. The summed E-state index contributed by atoms with van der Waals surface area (Å²) in [6, 6.07) is 19.4. The van der Waals surface area contributed by atoms with Crippen LogP contribution in [0.25, 0.3) is 11.0 Å². The standard InChI is InChI=1S/C19H18N2O2/c1-14(19-12-16-4-2-3-5-18(16)23-19)21-10-11-22-17-8-6-15(13-20)7-9-17/h2-9,12,14,21H,10-11H2,1H3. The molecule has 0 fully saturated rings. The molecule has 0 aliphatic rings. The predicted octanol–water partition coefficient (Wildman–Crippen LogP) is 4.03. The quantitative estimate of drug-likeness (QED) is 0.698. The number of ether oxygens (including phenoxy) is 1. The number of hydrogen-bond acceptors (Lipinski definition) is 4. The maximum Gasteiger partial charge on any atom is 0.134 e. The van der Waals surface area contributed by atoms with Crippen molar-refractivity contribution in [2.75, 3.05) is 13.2 Å². The van der Waals surface area contributed by atoms with Crippen molar-refractivity contribution in [3.8, 4) is 11.8 Å². The van der Waals surface area contributed by atoms with Crippen LogP contribution in [0.3, 0.4) is 0 Å². The second-order valence-corrected chi connectivity index (χ2v) is 5.35. The van der Waals surface area contributed by atoms with Gasteiger partial charge in [0.2, 0.25) is 0 Å². The molecule has 0 amide bonds. The molecule has 3 rings (SSSR count). The first-order chi connectivity index (χ1) is 11.3. The van der Waals surface area contributed by atoms with Crippen LogP contribution in [0, 0.1) is 11.3 Å². The molecule has 1 atom stereocenters. The fourth-order valence-electron chi connectivity index (χ4n) is 2.39. The highest BCUT2D eigenvalue weighted by Gasteiger charge is 2.10. The maximum atomic E-state index is 8.75. The summed E-state index contributed by atoms with van der Waals surface area (Å²) in [5.41, 5.74) is 1.54. The van der Waals surface area contributed by atoms with Gasteiger partial charge in [0.1, 0.15) is 23.7 Å². The minimum Gasteiger partial charge on any atom is -0.492 e. The lowest BCUT2D eigenvalue weighted by molar-refractivity contribution is 0.303. The van der Waals surface area contributed by atoms with Crippen LogP contribution in [0.15, 0.2) is 59.0 Å². The second kappa shape index (κ2) is 6.99. The molecule has 0 aliphatic carbocycles. The molecular formula is C19H18N2O2. The number of furan rings is 1. The minimum absolute atomic E-state index is 0.118. The lowest BCUT2D eigenvalue weighted by Gasteiger charge is -2.12. The Bertz CT molecular complexity index is 782. The summed E-state index contributed by atoms with van der Waals surface area (Å²) in [7, 11) is 0. The van der Waals surface area contributed by atoms with Crippen LogP contribution in [-0.4, -0.2) is 13.2 Å². The highest BCUT2D eigenvalue weighted by molar-refractivity contribution is 5.77. The van der Waals surface area contributed by atoms with Crippen molar-refractivity contribution >= 4 is 11.0 Å². The third kappa shape index (κ3) is 3.71. The van der Waals surface area contributed by atoms with Gasteiger partial charge in [0.05, 0.1) is 17.7 Å². The Morgan fingerprint density at radius 2 is 1.96 bits per heavy atom. The smallest absolute Gasteiger partial charge is 0.134 e.